The van der Waals surface area contributed by atoms with Gasteiger partial charge in [0.25, 0.3) is 0 Å². The van der Waals surface area contributed by atoms with E-state index in [0.29, 0.717) is 12.4 Å². The fraction of sp³-hybridized carbons (Fsp3) is 0.400. The average Bonchev–Trinajstić information content (AvgIpc) is 2.18. The highest BCUT2D eigenvalue weighted by Crippen LogP contribution is 2.10. The molecule has 0 aliphatic heterocycles. The Hall–Kier alpha value is -1.10. The average molecular weight is 272 g/mol. The van der Waals surface area contributed by atoms with Crippen molar-refractivity contribution < 1.29 is 4.79 Å². The van der Waals surface area contributed by atoms with Crippen LogP contribution in [0.5, 0.6) is 0 Å². The van der Waals surface area contributed by atoms with E-state index >= 15 is 0 Å². The monoisotopic (exact) mass is 271 g/mol. The lowest BCUT2D eigenvalue weighted by atomic mass is 10.3. The number of carbonyl (C=O) groups excluding carboxylic acids is 1. The summed E-state index contributed by atoms with van der Waals surface area (Å²) in [7, 11) is 0. The molecule has 1 unspecified atom stereocenters. The Kier molecular flexibility index (Phi) is 4.55. The Morgan fingerprint density at radius 2 is 2.33 bits per heavy atom. The van der Waals surface area contributed by atoms with Crippen molar-refractivity contribution in [3.05, 3.63) is 22.8 Å². The molecular weight excluding hydrogens is 258 g/mol. The normalized spacial score (nSPS) is 11.9. The van der Waals surface area contributed by atoms with Crippen LogP contribution >= 0.6 is 15.9 Å². The third-order valence-corrected chi connectivity index (χ3v) is 2.27. The SMILES string of the molecule is CCNC(=O)C(C)Nc1cccc(Br)n1. The molecule has 4 nitrogen and oxygen atoms in total. The van der Waals surface area contributed by atoms with Gasteiger partial charge in [0.1, 0.15) is 16.5 Å². The third kappa shape index (κ3) is 3.87. The fourth-order valence-electron chi connectivity index (χ4n) is 1.10. The third-order valence-electron chi connectivity index (χ3n) is 1.82. The minimum Gasteiger partial charge on any atom is -0.359 e. The number of pyridine rings is 1. The van der Waals surface area contributed by atoms with Crippen LogP contribution in [0, 0.1) is 0 Å². The summed E-state index contributed by atoms with van der Waals surface area (Å²) in [6.07, 6.45) is 0. The van der Waals surface area contributed by atoms with Gasteiger partial charge in [0.05, 0.1) is 0 Å². The maximum atomic E-state index is 11.4. The Labute approximate surface area is 97.6 Å². The highest BCUT2D eigenvalue weighted by Gasteiger charge is 2.11. The molecule has 1 aromatic rings. The van der Waals surface area contributed by atoms with E-state index in [0.717, 1.165) is 4.60 Å². The van der Waals surface area contributed by atoms with Gasteiger partial charge in [-0.1, -0.05) is 6.07 Å². The zero-order valence-corrected chi connectivity index (χ0v) is 10.3. The summed E-state index contributed by atoms with van der Waals surface area (Å²) in [6, 6.07) is 5.23. The second kappa shape index (κ2) is 5.70. The van der Waals surface area contributed by atoms with Gasteiger partial charge < -0.3 is 10.6 Å². The zero-order valence-electron chi connectivity index (χ0n) is 8.75. The van der Waals surface area contributed by atoms with Crippen molar-refractivity contribution in [3.63, 3.8) is 0 Å². The maximum absolute atomic E-state index is 11.4. The van der Waals surface area contributed by atoms with E-state index in [1.54, 1.807) is 6.92 Å². The lowest BCUT2D eigenvalue weighted by molar-refractivity contribution is -0.121. The number of hydrogen-bond acceptors (Lipinski definition) is 3. The van der Waals surface area contributed by atoms with Crippen LogP contribution in [0.3, 0.4) is 0 Å². The van der Waals surface area contributed by atoms with Crippen LogP contribution < -0.4 is 10.6 Å². The zero-order chi connectivity index (χ0) is 11.3. The molecule has 1 rings (SSSR count). The molecule has 1 amide bonds. The summed E-state index contributed by atoms with van der Waals surface area (Å²) in [6.45, 7) is 4.33. The molecule has 82 valence electrons. The van der Waals surface area contributed by atoms with Gasteiger partial charge in [-0.05, 0) is 41.9 Å². The molecule has 0 fully saturated rings. The van der Waals surface area contributed by atoms with E-state index in [1.807, 2.05) is 25.1 Å². The summed E-state index contributed by atoms with van der Waals surface area (Å²) in [5.74, 6) is 0.655. The molecule has 0 aromatic carbocycles. The van der Waals surface area contributed by atoms with Crippen LogP contribution in [0.2, 0.25) is 0 Å². The largest absolute Gasteiger partial charge is 0.359 e. The van der Waals surface area contributed by atoms with Crippen LogP contribution in [0.15, 0.2) is 22.8 Å². The number of likely N-dealkylation sites (N-methyl/N-ethyl adjacent to an activating group) is 1. The summed E-state index contributed by atoms with van der Waals surface area (Å²) in [5, 5.41) is 5.75. The second-order valence-corrected chi connectivity index (χ2v) is 3.92. The first-order chi connectivity index (χ1) is 7.13. The standard InChI is InChI=1S/C10H14BrN3O/c1-3-12-10(15)7(2)13-9-6-4-5-8(11)14-9/h4-7H,3H2,1-2H3,(H,12,15)(H,13,14). The molecule has 2 N–H and O–H groups in total. The van der Waals surface area contributed by atoms with Gasteiger partial charge in [-0.15, -0.1) is 0 Å². The molecule has 0 saturated carbocycles. The molecule has 5 heteroatoms. The molecule has 0 aliphatic carbocycles. The number of amides is 1. The Morgan fingerprint density at radius 1 is 1.60 bits per heavy atom. The van der Waals surface area contributed by atoms with Crippen molar-refractivity contribution in [3.8, 4) is 0 Å². The number of hydrogen-bond donors (Lipinski definition) is 2. The molecule has 0 aliphatic rings. The number of halogens is 1. The molecule has 0 radical (unpaired) electrons. The molecule has 0 saturated heterocycles. The molecule has 0 bridgehead atoms. The van der Waals surface area contributed by atoms with Crippen molar-refractivity contribution in [2.24, 2.45) is 0 Å². The molecule has 1 aromatic heterocycles. The van der Waals surface area contributed by atoms with Gasteiger partial charge in [0.15, 0.2) is 0 Å². The Morgan fingerprint density at radius 3 is 2.93 bits per heavy atom. The van der Waals surface area contributed by atoms with Gasteiger partial charge in [0, 0.05) is 6.54 Å². The van der Waals surface area contributed by atoms with Crippen LogP contribution in [0.25, 0.3) is 0 Å². The first kappa shape index (κ1) is 12.0. The van der Waals surface area contributed by atoms with E-state index in [1.165, 1.54) is 0 Å². The predicted octanol–water partition coefficient (Wildman–Crippen LogP) is 1.78. The van der Waals surface area contributed by atoms with Crippen molar-refractivity contribution in [2.45, 2.75) is 19.9 Å². The summed E-state index contributed by atoms with van der Waals surface area (Å²) in [4.78, 5) is 15.6. The van der Waals surface area contributed by atoms with Crippen molar-refractivity contribution in [1.82, 2.24) is 10.3 Å². The highest BCUT2D eigenvalue weighted by molar-refractivity contribution is 9.10. The molecule has 1 atom stereocenters. The second-order valence-electron chi connectivity index (χ2n) is 3.11. The topological polar surface area (TPSA) is 54.0 Å². The number of carbonyl (C=O) groups is 1. The summed E-state index contributed by atoms with van der Waals surface area (Å²) < 4.78 is 0.746. The maximum Gasteiger partial charge on any atom is 0.242 e. The number of aromatic nitrogens is 1. The van der Waals surface area contributed by atoms with Crippen LogP contribution in [-0.2, 0) is 4.79 Å². The van der Waals surface area contributed by atoms with E-state index in [-0.39, 0.29) is 11.9 Å². The molecular formula is C10H14BrN3O. The van der Waals surface area contributed by atoms with E-state index in [4.69, 9.17) is 0 Å². The molecule has 1 heterocycles. The number of anilines is 1. The van der Waals surface area contributed by atoms with Crippen LogP contribution in [-0.4, -0.2) is 23.5 Å². The van der Waals surface area contributed by atoms with Gasteiger partial charge in [0.2, 0.25) is 5.91 Å². The smallest absolute Gasteiger partial charge is 0.242 e. The van der Waals surface area contributed by atoms with E-state index in [2.05, 4.69) is 31.5 Å². The van der Waals surface area contributed by atoms with Gasteiger partial charge in [-0.25, -0.2) is 4.98 Å². The first-order valence-corrected chi connectivity index (χ1v) is 5.59. The van der Waals surface area contributed by atoms with Gasteiger partial charge >= 0.3 is 0 Å². The van der Waals surface area contributed by atoms with Gasteiger partial charge in [-0.2, -0.15) is 0 Å². The Bertz CT molecular complexity index is 343. The van der Waals surface area contributed by atoms with Crippen molar-refractivity contribution in [1.29, 1.82) is 0 Å². The number of rotatable bonds is 4. The first-order valence-electron chi connectivity index (χ1n) is 4.80. The van der Waals surface area contributed by atoms with Crippen LogP contribution in [0.1, 0.15) is 13.8 Å². The highest BCUT2D eigenvalue weighted by atomic mass is 79.9. The van der Waals surface area contributed by atoms with Crippen molar-refractivity contribution in [2.75, 3.05) is 11.9 Å². The van der Waals surface area contributed by atoms with E-state index < -0.39 is 0 Å². The molecule has 0 spiro atoms. The van der Waals surface area contributed by atoms with Gasteiger partial charge in [-0.3, -0.25) is 4.79 Å². The number of nitrogens with zero attached hydrogens (tertiary/aromatic N) is 1. The lowest BCUT2D eigenvalue weighted by Gasteiger charge is -2.13. The minimum absolute atomic E-state index is 0.0284. The minimum atomic E-state index is -0.285. The lowest BCUT2D eigenvalue weighted by Crippen LogP contribution is -2.37. The van der Waals surface area contributed by atoms with Crippen molar-refractivity contribution >= 4 is 27.7 Å². The predicted molar refractivity (Wildman–Crippen MR) is 63.7 cm³/mol. The molecule has 15 heavy (non-hydrogen) atoms. The van der Waals surface area contributed by atoms with E-state index in [9.17, 15) is 4.79 Å². The Balaban J connectivity index is 2.58. The summed E-state index contributed by atoms with van der Waals surface area (Å²) >= 11 is 3.27. The quantitative estimate of drug-likeness (QED) is 0.821. The fourth-order valence-corrected chi connectivity index (χ4v) is 1.45. The number of nitrogens with one attached hydrogen (secondary N) is 2. The van der Waals surface area contributed by atoms with Crippen LogP contribution in [0.4, 0.5) is 5.82 Å². The summed E-state index contributed by atoms with van der Waals surface area (Å²) in [5.41, 5.74) is 0.